The molecule has 2 rings (SSSR count). The molecule has 22 heavy (non-hydrogen) atoms. The lowest BCUT2D eigenvalue weighted by Crippen LogP contribution is -2.11. The van der Waals surface area contributed by atoms with Gasteiger partial charge in [-0.05, 0) is 19.9 Å². The van der Waals surface area contributed by atoms with E-state index in [2.05, 4.69) is 15.3 Å². The van der Waals surface area contributed by atoms with Crippen molar-refractivity contribution in [3.8, 4) is 5.75 Å². The average molecular weight is 301 g/mol. The molecule has 0 aliphatic heterocycles. The van der Waals surface area contributed by atoms with Gasteiger partial charge in [0, 0.05) is 18.3 Å². The number of hydrogen-bond donors (Lipinski definition) is 1. The Morgan fingerprint density at radius 1 is 1.32 bits per heavy atom. The zero-order chi connectivity index (χ0) is 15.9. The van der Waals surface area contributed by atoms with Crippen LogP contribution < -0.4 is 10.1 Å². The number of hydrogen-bond acceptors (Lipinski definition) is 6. The summed E-state index contributed by atoms with van der Waals surface area (Å²) in [4.78, 5) is 20.1. The van der Waals surface area contributed by atoms with Gasteiger partial charge in [-0.25, -0.2) is 14.8 Å². The summed E-state index contributed by atoms with van der Waals surface area (Å²) in [6, 6.07) is 7.71. The van der Waals surface area contributed by atoms with Gasteiger partial charge in [-0.3, -0.25) is 0 Å². The van der Waals surface area contributed by atoms with E-state index in [9.17, 15) is 4.79 Å². The molecule has 6 heteroatoms. The number of methoxy groups -OCH3 is 1. The minimum Gasteiger partial charge on any atom is -0.496 e. The molecule has 0 aliphatic rings. The molecular weight excluding hydrogens is 282 g/mol. The number of rotatable bonds is 6. The Morgan fingerprint density at radius 3 is 2.77 bits per heavy atom. The topological polar surface area (TPSA) is 73.3 Å². The fraction of sp³-hybridized carbons (Fsp3) is 0.312. The van der Waals surface area contributed by atoms with Crippen LogP contribution in [-0.2, 0) is 11.3 Å². The standard InChI is InChI=1S/C16H19N3O3/c1-4-22-15(20)13-10-18-16(19-11(13)2)17-9-12-7-5-6-8-14(12)21-3/h5-8,10H,4,9H2,1-3H3,(H,17,18,19). The van der Waals surface area contributed by atoms with Gasteiger partial charge in [0.1, 0.15) is 5.75 Å². The number of carbonyl (C=O) groups is 1. The van der Waals surface area contributed by atoms with Crippen LogP contribution in [0, 0.1) is 6.92 Å². The molecule has 116 valence electrons. The first-order valence-electron chi connectivity index (χ1n) is 7.02. The second kappa shape index (κ2) is 7.40. The van der Waals surface area contributed by atoms with Crippen molar-refractivity contribution in [2.75, 3.05) is 19.0 Å². The van der Waals surface area contributed by atoms with Crippen LogP contribution in [0.1, 0.15) is 28.5 Å². The number of anilines is 1. The third kappa shape index (κ3) is 3.72. The molecule has 0 spiro atoms. The molecule has 6 nitrogen and oxygen atoms in total. The predicted molar refractivity (Wildman–Crippen MR) is 83.0 cm³/mol. The number of aryl methyl sites for hydroxylation is 1. The largest absolute Gasteiger partial charge is 0.496 e. The average Bonchev–Trinajstić information content (AvgIpc) is 2.53. The molecule has 1 N–H and O–H groups in total. The van der Waals surface area contributed by atoms with E-state index in [1.807, 2.05) is 24.3 Å². The van der Waals surface area contributed by atoms with Gasteiger partial charge in [-0.15, -0.1) is 0 Å². The van der Waals surface area contributed by atoms with E-state index in [-0.39, 0.29) is 0 Å². The van der Waals surface area contributed by atoms with Gasteiger partial charge in [0.05, 0.1) is 25.0 Å². The van der Waals surface area contributed by atoms with Gasteiger partial charge in [-0.1, -0.05) is 18.2 Å². The molecule has 0 atom stereocenters. The quantitative estimate of drug-likeness (QED) is 0.827. The predicted octanol–water partition coefficient (Wildman–Crippen LogP) is 2.58. The molecule has 0 saturated carbocycles. The molecule has 0 bridgehead atoms. The van der Waals surface area contributed by atoms with Crippen LogP contribution in [-0.4, -0.2) is 29.7 Å². The number of benzene rings is 1. The van der Waals surface area contributed by atoms with E-state index in [1.54, 1.807) is 21.0 Å². The Morgan fingerprint density at radius 2 is 2.09 bits per heavy atom. The summed E-state index contributed by atoms with van der Waals surface area (Å²) in [6.45, 7) is 4.37. The summed E-state index contributed by atoms with van der Waals surface area (Å²) in [5.74, 6) is 0.850. The number of nitrogens with zero attached hydrogens (tertiary/aromatic N) is 2. The SMILES string of the molecule is CCOC(=O)c1cnc(NCc2ccccc2OC)nc1C. The highest BCUT2D eigenvalue weighted by atomic mass is 16.5. The normalized spacial score (nSPS) is 10.1. The lowest BCUT2D eigenvalue weighted by Gasteiger charge is -2.10. The molecule has 0 fully saturated rings. The number of esters is 1. The van der Waals surface area contributed by atoms with Crippen molar-refractivity contribution < 1.29 is 14.3 Å². The van der Waals surface area contributed by atoms with E-state index in [1.165, 1.54) is 6.20 Å². The first-order valence-corrected chi connectivity index (χ1v) is 7.02. The van der Waals surface area contributed by atoms with E-state index in [0.29, 0.717) is 30.4 Å². The Kier molecular flexibility index (Phi) is 5.30. The van der Waals surface area contributed by atoms with E-state index in [4.69, 9.17) is 9.47 Å². The summed E-state index contributed by atoms with van der Waals surface area (Å²) < 4.78 is 10.2. The van der Waals surface area contributed by atoms with E-state index >= 15 is 0 Å². The van der Waals surface area contributed by atoms with Crippen LogP contribution in [0.5, 0.6) is 5.75 Å². The van der Waals surface area contributed by atoms with Gasteiger partial charge >= 0.3 is 5.97 Å². The minimum absolute atomic E-state index is 0.325. The Labute approximate surface area is 129 Å². The maximum Gasteiger partial charge on any atom is 0.341 e. The summed E-state index contributed by atoms with van der Waals surface area (Å²) in [5.41, 5.74) is 1.96. The molecule has 1 aromatic heterocycles. The van der Waals surface area contributed by atoms with Gasteiger partial charge in [0.15, 0.2) is 0 Å². The van der Waals surface area contributed by atoms with Gasteiger partial charge < -0.3 is 14.8 Å². The summed E-state index contributed by atoms with van der Waals surface area (Å²) in [7, 11) is 1.63. The van der Waals surface area contributed by atoms with Crippen LogP contribution in [0.15, 0.2) is 30.5 Å². The molecule has 0 unspecified atom stereocenters. The minimum atomic E-state index is -0.406. The maximum absolute atomic E-state index is 11.7. The lowest BCUT2D eigenvalue weighted by atomic mass is 10.2. The highest BCUT2D eigenvalue weighted by Gasteiger charge is 2.12. The van der Waals surface area contributed by atoms with Crippen LogP contribution in [0.3, 0.4) is 0 Å². The van der Waals surface area contributed by atoms with Gasteiger partial charge in [-0.2, -0.15) is 0 Å². The zero-order valence-corrected chi connectivity index (χ0v) is 12.9. The first-order chi connectivity index (χ1) is 10.7. The smallest absolute Gasteiger partial charge is 0.341 e. The summed E-state index contributed by atoms with van der Waals surface area (Å²) in [5, 5.41) is 3.12. The van der Waals surface area contributed by atoms with Crippen molar-refractivity contribution in [1.29, 1.82) is 0 Å². The molecule has 1 heterocycles. The molecule has 0 aliphatic carbocycles. The fourth-order valence-electron chi connectivity index (χ4n) is 1.98. The van der Waals surface area contributed by atoms with Crippen molar-refractivity contribution in [1.82, 2.24) is 9.97 Å². The van der Waals surface area contributed by atoms with Crippen molar-refractivity contribution in [3.63, 3.8) is 0 Å². The Bertz CT molecular complexity index is 659. The van der Waals surface area contributed by atoms with Gasteiger partial charge in [0.2, 0.25) is 5.95 Å². The number of ether oxygens (including phenoxy) is 2. The molecular formula is C16H19N3O3. The highest BCUT2D eigenvalue weighted by Crippen LogP contribution is 2.18. The summed E-state index contributed by atoms with van der Waals surface area (Å²) in [6.07, 6.45) is 1.48. The Hall–Kier alpha value is -2.63. The van der Waals surface area contributed by atoms with Crippen LogP contribution in [0.25, 0.3) is 0 Å². The van der Waals surface area contributed by atoms with Gasteiger partial charge in [0.25, 0.3) is 0 Å². The van der Waals surface area contributed by atoms with E-state index < -0.39 is 5.97 Å². The van der Waals surface area contributed by atoms with Crippen molar-refractivity contribution in [2.45, 2.75) is 20.4 Å². The molecule has 0 amide bonds. The second-order valence-corrected chi connectivity index (χ2v) is 4.58. The van der Waals surface area contributed by atoms with E-state index in [0.717, 1.165) is 11.3 Å². The zero-order valence-electron chi connectivity index (χ0n) is 12.9. The number of carbonyl (C=O) groups excluding carboxylic acids is 1. The summed E-state index contributed by atoms with van der Waals surface area (Å²) >= 11 is 0. The second-order valence-electron chi connectivity index (χ2n) is 4.58. The molecule has 0 radical (unpaired) electrons. The molecule has 2 aromatic rings. The monoisotopic (exact) mass is 301 g/mol. The van der Waals surface area contributed by atoms with Crippen molar-refractivity contribution >= 4 is 11.9 Å². The third-order valence-corrected chi connectivity index (χ3v) is 3.10. The maximum atomic E-state index is 11.7. The van der Waals surface area contributed by atoms with Crippen molar-refractivity contribution in [2.24, 2.45) is 0 Å². The van der Waals surface area contributed by atoms with Crippen LogP contribution in [0.4, 0.5) is 5.95 Å². The first kappa shape index (κ1) is 15.8. The Balaban J connectivity index is 2.08. The number of nitrogens with one attached hydrogen (secondary N) is 1. The van der Waals surface area contributed by atoms with Crippen LogP contribution >= 0.6 is 0 Å². The molecule has 0 saturated heterocycles. The lowest BCUT2D eigenvalue weighted by molar-refractivity contribution is 0.0524. The fourth-order valence-corrected chi connectivity index (χ4v) is 1.98. The number of para-hydroxylation sites is 1. The highest BCUT2D eigenvalue weighted by molar-refractivity contribution is 5.90. The molecule has 1 aromatic carbocycles. The number of aromatic nitrogens is 2. The van der Waals surface area contributed by atoms with Crippen molar-refractivity contribution in [3.05, 3.63) is 47.3 Å². The van der Waals surface area contributed by atoms with Crippen LogP contribution in [0.2, 0.25) is 0 Å². The third-order valence-electron chi connectivity index (χ3n) is 3.10.